The van der Waals surface area contributed by atoms with Gasteiger partial charge in [0.05, 0.1) is 5.25 Å². The summed E-state index contributed by atoms with van der Waals surface area (Å²) in [6.07, 6.45) is 0. The number of carboxylic acid groups (broad SMARTS) is 1. The van der Waals surface area contributed by atoms with Crippen LogP contribution in [0.15, 0.2) is 48.5 Å². The molecule has 2 aromatic rings. The Morgan fingerprint density at radius 3 is 2.23 bits per heavy atom. The number of carbonyl (C=O) groups is 1. The van der Waals surface area contributed by atoms with E-state index in [4.69, 9.17) is 5.11 Å². The van der Waals surface area contributed by atoms with E-state index < -0.39 is 27.3 Å². The smallest absolute Gasteiger partial charge is 0.318 e. The molecule has 3 atom stereocenters. The summed E-state index contributed by atoms with van der Waals surface area (Å²) in [7, 11) is -1.52. The molecule has 0 aliphatic heterocycles. The van der Waals surface area contributed by atoms with Gasteiger partial charge in [0.15, 0.2) is 0 Å². The minimum atomic E-state index is -1.52. The zero-order chi connectivity index (χ0) is 16.3. The largest absolute Gasteiger partial charge is 0.480 e. The molecule has 2 aromatic carbocycles. The summed E-state index contributed by atoms with van der Waals surface area (Å²) in [6, 6.07) is 13.5. The monoisotopic (exact) mass is 320 g/mol. The van der Waals surface area contributed by atoms with Crippen molar-refractivity contribution in [1.82, 2.24) is 0 Å². The van der Waals surface area contributed by atoms with Gasteiger partial charge >= 0.3 is 5.97 Å². The minimum Gasteiger partial charge on any atom is -0.480 e. The molecule has 22 heavy (non-hydrogen) atoms. The topological polar surface area (TPSA) is 54.4 Å². The van der Waals surface area contributed by atoms with Crippen LogP contribution in [0.1, 0.15) is 24.7 Å². The number of carboxylic acids is 1. The number of halogens is 1. The number of hydrogen-bond acceptors (Lipinski definition) is 2. The molecule has 0 aromatic heterocycles. The average Bonchev–Trinajstić information content (AvgIpc) is 2.53. The molecule has 0 amide bonds. The van der Waals surface area contributed by atoms with E-state index >= 15 is 0 Å². The summed E-state index contributed by atoms with van der Waals surface area (Å²) in [4.78, 5) is 10.9. The Bertz CT molecular complexity index is 697. The molecule has 0 saturated carbocycles. The molecule has 3 nitrogen and oxygen atoms in total. The molecule has 116 valence electrons. The fourth-order valence-electron chi connectivity index (χ4n) is 2.17. The fraction of sp³-hybridized carbons (Fsp3) is 0.235. The molecule has 0 fully saturated rings. The molecule has 0 heterocycles. The van der Waals surface area contributed by atoms with Crippen LogP contribution in [0.5, 0.6) is 0 Å². The second kappa shape index (κ2) is 6.83. The summed E-state index contributed by atoms with van der Waals surface area (Å²) in [5.41, 5.74) is 2.00. The summed E-state index contributed by atoms with van der Waals surface area (Å²) in [5.74, 6) is -1.38. The van der Waals surface area contributed by atoms with Crippen molar-refractivity contribution in [2.24, 2.45) is 0 Å². The van der Waals surface area contributed by atoms with Crippen molar-refractivity contribution in [3.63, 3.8) is 0 Å². The van der Waals surface area contributed by atoms with E-state index in [0.29, 0.717) is 5.56 Å². The van der Waals surface area contributed by atoms with Gasteiger partial charge in [-0.2, -0.15) is 0 Å². The first-order valence-electron chi connectivity index (χ1n) is 6.89. The van der Waals surface area contributed by atoms with E-state index in [0.717, 1.165) is 11.1 Å². The number of rotatable bonds is 5. The van der Waals surface area contributed by atoms with Gasteiger partial charge in [-0.05, 0) is 31.0 Å². The molecule has 0 spiro atoms. The molecule has 1 N–H and O–H groups in total. The first-order valence-corrected chi connectivity index (χ1v) is 8.16. The second-order valence-corrected chi connectivity index (χ2v) is 7.12. The maximum Gasteiger partial charge on any atom is 0.318 e. The summed E-state index contributed by atoms with van der Waals surface area (Å²) >= 11 is 0. The number of benzene rings is 2. The zero-order valence-corrected chi connectivity index (χ0v) is 13.1. The van der Waals surface area contributed by atoms with Gasteiger partial charge in [0, 0.05) is 16.4 Å². The zero-order valence-electron chi connectivity index (χ0n) is 12.3. The standard InChI is InChI=1S/C17H17FO3S/c1-11(22(21)12(2)17(19)20)13-7-9-14(10-8-13)15-5-3-4-6-16(15)18/h3-12H,1-2H3,(H,19,20). The first kappa shape index (κ1) is 16.4. The lowest BCUT2D eigenvalue weighted by Crippen LogP contribution is -2.24. The van der Waals surface area contributed by atoms with Crippen LogP contribution in [0.25, 0.3) is 11.1 Å². The van der Waals surface area contributed by atoms with Crippen molar-refractivity contribution in [1.29, 1.82) is 0 Å². The van der Waals surface area contributed by atoms with E-state index in [1.54, 1.807) is 49.4 Å². The van der Waals surface area contributed by atoms with Crippen molar-refractivity contribution >= 4 is 16.8 Å². The van der Waals surface area contributed by atoms with Crippen LogP contribution >= 0.6 is 0 Å². The molecule has 3 unspecified atom stereocenters. The maximum absolute atomic E-state index is 13.7. The van der Waals surface area contributed by atoms with Gasteiger partial charge in [-0.3, -0.25) is 9.00 Å². The molecule has 0 aliphatic rings. The van der Waals surface area contributed by atoms with E-state index in [1.165, 1.54) is 13.0 Å². The van der Waals surface area contributed by atoms with E-state index in [1.807, 2.05) is 0 Å². The van der Waals surface area contributed by atoms with E-state index in [9.17, 15) is 13.4 Å². The van der Waals surface area contributed by atoms with Crippen molar-refractivity contribution in [2.45, 2.75) is 24.3 Å². The Hall–Kier alpha value is -2.01. The fourth-order valence-corrected chi connectivity index (χ4v) is 3.41. The minimum absolute atomic E-state index is 0.300. The Morgan fingerprint density at radius 2 is 1.68 bits per heavy atom. The van der Waals surface area contributed by atoms with Crippen LogP contribution in [0, 0.1) is 5.82 Å². The SMILES string of the molecule is CC(C(=O)O)S(=O)C(C)c1ccc(-c2ccccc2F)cc1. The Morgan fingerprint density at radius 1 is 1.09 bits per heavy atom. The van der Waals surface area contributed by atoms with Crippen molar-refractivity contribution in [3.8, 4) is 11.1 Å². The van der Waals surface area contributed by atoms with Gasteiger partial charge in [0.2, 0.25) is 0 Å². The Labute approximate surface area is 131 Å². The van der Waals surface area contributed by atoms with Crippen LogP contribution in [0.2, 0.25) is 0 Å². The highest BCUT2D eigenvalue weighted by atomic mass is 32.2. The van der Waals surface area contributed by atoms with Crippen LogP contribution in [-0.2, 0) is 15.6 Å². The molecule has 0 aliphatic carbocycles. The summed E-state index contributed by atoms with van der Waals surface area (Å²) in [5, 5.41) is 7.61. The third kappa shape index (κ3) is 3.42. The van der Waals surface area contributed by atoms with Crippen LogP contribution in [0.4, 0.5) is 4.39 Å². The third-order valence-corrected chi connectivity index (χ3v) is 5.48. The highest BCUT2D eigenvalue weighted by molar-refractivity contribution is 7.86. The lowest BCUT2D eigenvalue weighted by molar-refractivity contribution is -0.136. The Kier molecular flexibility index (Phi) is 5.08. The van der Waals surface area contributed by atoms with Gasteiger partial charge in [-0.15, -0.1) is 0 Å². The van der Waals surface area contributed by atoms with Gasteiger partial charge < -0.3 is 5.11 Å². The normalized spacial score (nSPS) is 15.0. The molecule has 0 radical (unpaired) electrons. The van der Waals surface area contributed by atoms with Crippen molar-refractivity contribution in [3.05, 3.63) is 59.9 Å². The molecule has 0 bridgehead atoms. The third-order valence-electron chi connectivity index (χ3n) is 3.61. The molecule has 2 rings (SSSR count). The van der Waals surface area contributed by atoms with Crippen molar-refractivity contribution in [2.75, 3.05) is 0 Å². The van der Waals surface area contributed by atoms with Gasteiger partial charge in [-0.25, -0.2) is 4.39 Å². The van der Waals surface area contributed by atoms with E-state index in [-0.39, 0.29) is 5.82 Å². The highest BCUT2D eigenvalue weighted by Crippen LogP contribution is 2.27. The van der Waals surface area contributed by atoms with Crippen LogP contribution in [0.3, 0.4) is 0 Å². The summed E-state index contributed by atoms with van der Waals surface area (Å²) in [6.45, 7) is 3.16. The van der Waals surface area contributed by atoms with Crippen molar-refractivity contribution < 1.29 is 18.5 Å². The number of aliphatic carboxylic acids is 1. The predicted octanol–water partition coefficient (Wildman–Crippen LogP) is 3.78. The molecular formula is C17H17FO3S. The first-order chi connectivity index (χ1) is 10.4. The summed E-state index contributed by atoms with van der Waals surface area (Å²) < 4.78 is 25.9. The Balaban J connectivity index is 2.24. The quantitative estimate of drug-likeness (QED) is 0.912. The lowest BCUT2D eigenvalue weighted by Gasteiger charge is -2.15. The molecule has 5 heteroatoms. The maximum atomic E-state index is 13.7. The van der Waals surface area contributed by atoms with Gasteiger partial charge in [0.25, 0.3) is 0 Å². The lowest BCUT2D eigenvalue weighted by atomic mass is 10.0. The van der Waals surface area contributed by atoms with Crippen LogP contribution in [-0.4, -0.2) is 20.5 Å². The second-order valence-electron chi connectivity index (χ2n) is 5.05. The van der Waals surface area contributed by atoms with E-state index in [2.05, 4.69) is 0 Å². The van der Waals surface area contributed by atoms with Gasteiger partial charge in [-0.1, -0.05) is 42.5 Å². The number of hydrogen-bond donors (Lipinski definition) is 1. The highest BCUT2D eigenvalue weighted by Gasteiger charge is 2.25. The molecule has 0 saturated heterocycles. The molecular weight excluding hydrogens is 303 g/mol. The average molecular weight is 320 g/mol. The van der Waals surface area contributed by atoms with Gasteiger partial charge in [0.1, 0.15) is 11.1 Å². The van der Waals surface area contributed by atoms with Crippen LogP contribution < -0.4 is 0 Å². The predicted molar refractivity (Wildman–Crippen MR) is 85.5 cm³/mol.